The van der Waals surface area contributed by atoms with Gasteiger partial charge in [-0.15, -0.1) is 0 Å². The van der Waals surface area contributed by atoms with Crippen LogP contribution in [0.5, 0.6) is 11.5 Å². The third-order valence-electron chi connectivity index (χ3n) is 3.66. The molecule has 1 aromatic heterocycles. The van der Waals surface area contributed by atoms with E-state index in [-0.39, 0.29) is 6.04 Å². The van der Waals surface area contributed by atoms with Crippen LogP contribution in [0.15, 0.2) is 42.7 Å². The maximum Gasteiger partial charge on any atom is 0.161 e. The zero-order valence-corrected chi connectivity index (χ0v) is 14.4. The van der Waals surface area contributed by atoms with Crippen molar-refractivity contribution < 1.29 is 9.47 Å². The van der Waals surface area contributed by atoms with Crippen LogP contribution in [-0.4, -0.2) is 18.6 Å². The molecular formula is C19H26N2O2. The molecule has 124 valence electrons. The summed E-state index contributed by atoms with van der Waals surface area (Å²) in [7, 11) is 1.67. The molecule has 2 rings (SSSR count). The van der Waals surface area contributed by atoms with Crippen LogP contribution in [-0.2, 0) is 6.61 Å². The maximum absolute atomic E-state index is 5.87. The molecule has 0 bridgehead atoms. The fourth-order valence-electron chi connectivity index (χ4n) is 2.24. The van der Waals surface area contributed by atoms with Crippen LogP contribution < -0.4 is 14.8 Å². The third kappa shape index (κ3) is 5.25. The predicted octanol–water partition coefficient (Wildman–Crippen LogP) is 3.98. The van der Waals surface area contributed by atoms with Crippen LogP contribution in [0, 0.1) is 5.92 Å². The van der Waals surface area contributed by atoms with Gasteiger partial charge in [0.15, 0.2) is 11.5 Å². The van der Waals surface area contributed by atoms with Crippen LogP contribution in [0.4, 0.5) is 0 Å². The Morgan fingerprint density at radius 2 is 1.78 bits per heavy atom. The second-order valence-corrected chi connectivity index (χ2v) is 6.08. The lowest BCUT2D eigenvalue weighted by Gasteiger charge is -2.18. The van der Waals surface area contributed by atoms with Gasteiger partial charge < -0.3 is 14.8 Å². The summed E-state index contributed by atoms with van der Waals surface area (Å²) in [6.07, 6.45) is 3.53. The molecule has 0 aliphatic heterocycles. The Bertz CT molecular complexity index is 600. The largest absolute Gasteiger partial charge is 0.493 e. The first-order valence-electron chi connectivity index (χ1n) is 8.03. The fraction of sp³-hybridized carbons (Fsp3) is 0.421. The van der Waals surface area contributed by atoms with Gasteiger partial charge in [-0.3, -0.25) is 4.98 Å². The van der Waals surface area contributed by atoms with Gasteiger partial charge in [0.25, 0.3) is 0 Å². The van der Waals surface area contributed by atoms with E-state index >= 15 is 0 Å². The summed E-state index contributed by atoms with van der Waals surface area (Å²) in [4.78, 5) is 4.01. The summed E-state index contributed by atoms with van der Waals surface area (Å²) >= 11 is 0. The SMILES string of the molecule is COc1cc(C(C)NCC(C)C)ccc1OCc1ccncc1. The van der Waals surface area contributed by atoms with E-state index in [0.717, 1.165) is 23.6 Å². The summed E-state index contributed by atoms with van der Waals surface area (Å²) in [5.41, 5.74) is 2.27. The standard InChI is InChI=1S/C19H26N2O2/c1-14(2)12-21-15(3)17-5-6-18(19(11-17)22-4)23-13-16-7-9-20-10-8-16/h5-11,14-15,21H,12-13H2,1-4H3. The second-order valence-electron chi connectivity index (χ2n) is 6.08. The molecule has 1 unspecified atom stereocenters. The smallest absolute Gasteiger partial charge is 0.161 e. The van der Waals surface area contributed by atoms with Gasteiger partial charge in [-0.1, -0.05) is 19.9 Å². The van der Waals surface area contributed by atoms with Crippen molar-refractivity contribution in [1.82, 2.24) is 10.3 Å². The lowest BCUT2D eigenvalue weighted by molar-refractivity contribution is 0.284. The van der Waals surface area contributed by atoms with Crippen LogP contribution in [0.25, 0.3) is 0 Å². The Balaban J connectivity index is 2.04. The number of nitrogens with one attached hydrogen (secondary N) is 1. The predicted molar refractivity (Wildman–Crippen MR) is 92.8 cm³/mol. The van der Waals surface area contributed by atoms with Crippen molar-refractivity contribution >= 4 is 0 Å². The average Bonchev–Trinajstić information content (AvgIpc) is 2.58. The van der Waals surface area contributed by atoms with Gasteiger partial charge >= 0.3 is 0 Å². The van der Waals surface area contributed by atoms with Crippen molar-refractivity contribution in [3.63, 3.8) is 0 Å². The van der Waals surface area contributed by atoms with Gasteiger partial charge in [-0.05, 0) is 54.8 Å². The topological polar surface area (TPSA) is 43.4 Å². The molecule has 1 aromatic carbocycles. The molecule has 1 atom stereocenters. The molecule has 0 aliphatic rings. The Morgan fingerprint density at radius 3 is 2.43 bits per heavy atom. The molecule has 1 heterocycles. The highest BCUT2D eigenvalue weighted by Crippen LogP contribution is 2.31. The first kappa shape index (κ1) is 17.3. The number of ether oxygens (including phenoxy) is 2. The molecular weight excluding hydrogens is 288 g/mol. The minimum absolute atomic E-state index is 0.278. The molecule has 4 nitrogen and oxygen atoms in total. The highest BCUT2D eigenvalue weighted by atomic mass is 16.5. The van der Waals surface area contributed by atoms with Crippen molar-refractivity contribution in [2.75, 3.05) is 13.7 Å². The number of hydrogen-bond acceptors (Lipinski definition) is 4. The number of pyridine rings is 1. The lowest BCUT2D eigenvalue weighted by Crippen LogP contribution is -2.23. The summed E-state index contributed by atoms with van der Waals surface area (Å²) < 4.78 is 11.4. The van der Waals surface area contributed by atoms with Crippen molar-refractivity contribution in [3.8, 4) is 11.5 Å². The molecule has 0 fully saturated rings. The quantitative estimate of drug-likeness (QED) is 0.800. The fourth-order valence-corrected chi connectivity index (χ4v) is 2.24. The van der Waals surface area contributed by atoms with Crippen LogP contribution in [0.1, 0.15) is 37.9 Å². The zero-order valence-electron chi connectivity index (χ0n) is 14.4. The van der Waals surface area contributed by atoms with Gasteiger partial charge in [0.1, 0.15) is 6.61 Å². The zero-order chi connectivity index (χ0) is 16.7. The monoisotopic (exact) mass is 314 g/mol. The number of benzene rings is 1. The van der Waals surface area contributed by atoms with Crippen molar-refractivity contribution in [2.45, 2.75) is 33.4 Å². The van der Waals surface area contributed by atoms with Crippen LogP contribution in [0.2, 0.25) is 0 Å². The van der Waals surface area contributed by atoms with Crippen molar-refractivity contribution in [1.29, 1.82) is 0 Å². The van der Waals surface area contributed by atoms with E-state index < -0.39 is 0 Å². The number of nitrogens with zero attached hydrogens (tertiary/aromatic N) is 1. The molecule has 4 heteroatoms. The summed E-state index contributed by atoms with van der Waals surface area (Å²) in [6.45, 7) is 8.06. The van der Waals surface area contributed by atoms with Gasteiger partial charge in [-0.2, -0.15) is 0 Å². The van der Waals surface area contributed by atoms with E-state index in [9.17, 15) is 0 Å². The van der Waals surface area contributed by atoms with Crippen LogP contribution in [0.3, 0.4) is 0 Å². The van der Waals surface area contributed by atoms with E-state index in [4.69, 9.17) is 9.47 Å². The molecule has 0 saturated carbocycles. The number of hydrogen-bond donors (Lipinski definition) is 1. The first-order chi connectivity index (χ1) is 11.1. The Morgan fingerprint density at radius 1 is 1.04 bits per heavy atom. The highest BCUT2D eigenvalue weighted by molar-refractivity contribution is 5.43. The van der Waals surface area contributed by atoms with Gasteiger partial charge in [-0.25, -0.2) is 0 Å². The van der Waals surface area contributed by atoms with E-state index in [0.29, 0.717) is 12.5 Å². The van der Waals surface area contributed by atoms with Crippen molar-refractivity contribution in [3.05, 3.63) is 53.9 Å². The van der Waals surface area contributed by atoms with Crippen molar-refractivity contribution in [2.24, 2.45) is 5.92 Å². The molecule has 0 saturated heterocycles. The summed E-state index contributed by atoms with van der Waals surface area (Å²) in [6, 6.07) is 10.3. The molecule has 0 amide bonds. The maximum atomic E-state index is 5.87. The Labute approximate surface area is 138 Å². The Hall–Kier alpha value is -2.07. The molecule has 2 aromatic rings. The van der Waals surface area contributed by atoms with E-state index in [1.165, 1.54) is 5.56 Å². The van der Waals surface area contributed by atoms with E-state index in [1.807, 2.05) is 24.3 Å². The summed E-state index contributed by atoms with van der Waals surface area (Å²) in [5.74, 6) is 2.14. The third-order valence-corrected chi connectivity index (χ3v) is 3.66. The first-order valence-corrected chi connectivity index (χ1v) is 8.03. The molecule has 1 N–H and O–H groups in total. The minimum Gasteiger partial charge on any atom is -0.493 e. The lowest BCUT2D eigenvalue weighted by atomic mass is 10.1. The number of rotatable bonds is 8. The second kappa shape index (κ2) is 8.53. The normalized spacial score (nSPS) is 12.2. The number of aromatic nitrogens is 1. The van der Waals surface area contributed by atoms with Gasteiger partial charge in [0.05, 0.1) is 7.11 Å². The molecule has 0 aliphatic carbocycles. The minimum atomic E-state index is 0.278. The molecule has 23 heavy (non-hydrogen) atoms. The van der Waals surface area contributed by atoms with Gasteiger partial charge in [0.2, 0.25) is 0 Å². The Kier molecular flexibility index (Phi) is 6.41. The van der Waals surface area contributed by atoms with E-state index in [2.05, 4.69) is 37.1 Å². The van der Waals surface area contributed by atoms with Crippen LogP contribution >= 0.6 is 0 Å². The average molecular weight is 314 g/mol. The summed E-state index contributed by atoms with van der Waals surface area (Å²) in [5, 5.41) is 3.52. The number of methoxy groups -OCH3 is 1. The molecule has 0 spiro atoms. The van der Waals surface area contributed by atoms with Gasteiger partial charge in [0, 0.05) is 18.4 Å². The van der Waals surface area contributed by atoms with E-state index in [1.54, 1.807) is 19.5 Å². The highest BCUT2D eigenvalue weighted by Gasteiger charge is 2.11. The molecule has 0 radical (unpaired) electrons.